The number of rotatable bonds is 4. The topological polar surface area (TPSA) is 76.8 Å². The van der Waals surface area contributed by atoms with Gasteiger partial charge in [0.2, 0.25) is 0 Å². The quantitative estimate of drug-likeness (QED) is 0.552. The van der Waals surface area contributed by atoms with Gasteiger partial charge in [-0.25, -0.2) is 0 Å². The molecule has 0 radical (unpaired) electrons. The first-order valence-corrected chi connectivity index (χ1v) is 9.17. The number of carbonyl (C=O) groups is 1. The van der Waals surface area contributed by atoms with Crippen molar-refractivity contribution in [3.63, 3.8) is 0 Å². The molecule has 138 valence electrons. The molecule has 4 heterocycles. The Bertz CT molecular complexity index is 1200. The molecule has 7 heteroatoms. The Kier molecular flexibility index (Phi) is 3.86. The van der Waals surface area contributed by atoms with Crippen molar-refractivity contribution in [3.8, 4) is 11.3 Å². The summed E-state index contributed by atoms with van der Waals surface area (Å²) < 4.78 is 1.67. The zero-order valence-electron chi connectivity index (χ0n) is 15.4. The van der Waals surface area contributed by atoms with Crippen molar-refractivity contribution in [1.29, 1.82) is 0 Å². The van der Waals surface area contributed by atoms with Crippen molar-refractivity contribution in [1.82, 2.24) is 29.9 Å². The van der Waals surface area contributed by atoms with E-state index in [2.05, 4.69) is 20.3 Å². The summed E-state index contributed by atoms with van der Waals surface area (Å²) >= 11 is 0. The molecule has 0 saturated heterocycles. The molecule has 1 aliphatic rings. The number of aromatic nitrogens is 5. The van der Waals surface area contributed by atoms with Crippen LogP contribution in [0.2, 0.25) is 0 Å². The van der Waals surface area contributed by atoms with Crippen LogP contribution in [0.25, 0.3) is 22.3 Å². The van der Waals surface area contributed by atoms with Gasteiger partial charge in [-0.05, 0) is 35.9 Å². The summed E-state index contributed by atoms with van der Waals surface area (Å²) in [5.74, 6) is 0.0585. The molecule has 0 saturated carbocycles. The average molecular weight is 370 g/mol. The summed E-state index contributed by atoms with van der Waals surface area (Å²) in [6.07, 6.45) is 4.33. The number of hydrogen-bond acceptors (Lipinski definition) is 5. The van der Waals surface area contributed by atoms with E-state index in [4.69, 9.17) is 0 Å². The van der Waals surface area contributed by atoms with Crippen LogP contribution in [0.15, 0.2) is 54.9 Å². The summed E-state index contributed by atoms with van der Waals surface area (Å²) in [5.41, 5.74) is 6.24. The lowest BCUT2D eigenvalue weighted by Gasteiger charge is -2.15. The van der Waals surface area contributed by atoms with Crippen molar-refractivity contribution >= 4 is 16.9 Å². The fourth-order valence-corrected chi connectivity index (χ4v) is 3.67. The standard InChI is InChI=1S/C21H18N6O/c1-26-13-20(24-25-26)15-4-2-5-16-17(15)12-27(21(16)28)11-9-14-7-8-18-19(23-14)6-3-10-22-18/h2-8,10,13H,9,11-12H2,1H3. The van der Waals surface area contributed by atoms with Crippen LogP contribution in [0.3, 0.4) is 0 Å². The van der Waals surface area contributed by atoms with Gasteiger partial charge in [-0.1, -0.05) is 17.3 Å². The Hall–Kier alpha value is -3.61. The second-order valence-corrected chi connectivity index (χ2v) is 6.93. The molecule has 0 fully saturated rings. The van der Waals surface area contributed by atoms with Gasteiger partial charge in [0, 0.05) is 49.6 Å². The first kappa shape index (κ1) is 16.6. The molecule has 0 spiro atoms. The van der Waals surface area contributed by atoms with Crippen molar-refractivity contribution in [2.75, 3.05) is 6.54 Å². The maximum Gasteiger partial charge on any atom is 0.254 e. The first-order chi connectivity index (χ1) is 13.7. The summed E-state index contributed by atoms with van der Waals surface area (Å²) in [6.45, 7) is 1.20. The fraction of sp³-hybridized carbons (Fsp3) is 0.190. The van der Waals surface area contributed by atoms with E-state index in [1.165, 1.54) is 0 Å². The number of pyridine rings is 2. The normalized spacial score (nSPS) is 13.3. The van der Waals surface area contributed by atoms with Gasteiger partial charge in [-0.2, -0.15) is 0 Å². The van der Waals surface area contributed by atoms with Crippen LogP contribution in [0.4, 0.5) is 0 Å². The van der Waals surface area contributed by atoms with Crippen LogP contribution in [-0.2, 0) is 20.0 Å². The summed E-state index contributed by atoms with van der Waals surface area (Å²) in [6, 6.07) is 13.6. The minimum atomic E-state index is 0.0585. The van der Waals surface area contributed by atoms with E-state index in [1.807, 2.05) is 60.6 Å². The Labute approximate surface area is 161 Å². The minimum absolute atomic E-state index is 0.0585. The number of hydrogen-bond donors (Lipinski definition) is 0. The molecule has 1 aromatic carbocycles. The van der Waals surface area contributed by atoms with Crippen LogP contribution in [0, 0.1) is 0 Å². The highest BCUT2D eigenvalue weighted by Gasteiger charge is 2.29. The van der Waals surface area contributed by atoms with E-state index in [0.717, 1.165) is 39.1 Å². The second kappa shape index (κ2) is 6.53. The SMILES string of the molecule is Cn1cc(-c2cccc3c2CN(CCc2ccc4ncccc4n2)C3=O)nn1. The Morgan fingerprint density at radius 2 is 1.93 bits per heavy atom. The number of benzene rings is 1. The molecule has 5 rings (SSSR count). The van der Waals surface area contributed by atoms with E-state index in [9.17, 15) is 4.79 Å². The summed E-state index contributed by atoms with van der Waals surface area (Å²) in [7, 11) is 1.84. The lowest BCUT2D eigenvalue weighted by Crippen LogP contribution is -2.26. The van der Waals surface area contributed by atoms with Gasteiger partial charge in [-0.3, -0.25) is 19.4 Å². The fourth-order valence-electron chi connectivity index (χ4n) is 3.67. The Morgan fingerprint density at radius 3 is 2.79 bits per heavy atom. The lowest BCUT2D eigenvalue weighted by atomic mass is 10.0. The molecule has 0 aliphatic carbocycles. The van der Waals surface area contributed by atoms with Gasteiger partial charge in [0.05, 0.1) is 17.2 Å². The van der Waals surface area contributed by atoms with Crippen molar-refractivity contribution in [3.05, 3.63) is 71.7 Å². The van der Waals surface area contributed by atoms with E-state index >= 15 is 0 Å². The second-order valence-electron chi connectivity index (χ2n) is 6.93. The van der Waals surface area contributed by atoms with Crippen LogP contribution >= 0.6 is 0 Å². The predicted octanol–water partition coefficient (Wildman–Crippen LogP) is 2.62. The maximum absolute atomic E-state index is 12.9. The zero-order chi connectivity index (χ0) is 19.1. The van der Waals surface area contributed by atoms with Crippen LogP contribution in [-0.4, -0.2) is 42.3 Å². The van der Waals surface area contributed by atoms with Gasteiger partial charge in [0.1, 0.15) is 5.69 Å². The third-order valence-corrected chi connectivity index (χ3v) is 5.07. The van der Waals surface area contributed by atoms with E-state index in [-0.39, 0.29) is 5.91 Å². The highest BCUT2D eigenvalue weighted by Crippen LogP contribution is 2.31. The molecular weight excluding hydrogens is 352 g/mol. The van der Waals surface area contributed by atoms with Crippen LogP contribution in [0.5, 0.6) is 0 Å². The Balaban J connectivity index is 1.37. The molecule has 1 amide bonds. The highest BCUT2D eigenvalue weighted by molar-refractivity contribution is 6.00. The minimum Gasteiger partial charge on any atom is -0.334 e. The van der Waals surface area contributed by atoms with E-state index in [1.54, 1.807) is 10.9 Å². The van der Waals surface area contributed by atoms with E-state index in [0.29, 0.717) is 19.5 Å². The molecule has 28 heavy (non-hydrogen) atoms. The predicted molar refractivity (Wildman–Crippen MR) is 104 cm³/mol. The molecule has 0 atom stereocenters. The van der Waals surface area contributed by atoms with E-state index < -0.39 is 0 Å². The third-order valence-electron chi connectivity index (χ3n) is 5.07. The molecule has 4 aromatic rings. The highest BCUT2D eigenvalue weighted by atomic mass is 16.2. The average Bonchev–Trinajstić information content (AvgIpc) is 3.29. The number of amides is 1. The molecule has 0 unspecified atom stereocenters. The lowest BCUT2D eigenvalue weighted by molar-refractivity contribution is 0.0780. The van der Waals surface area contributed by atoms with Crippen LogP contribution in [0.1, 0.15) is 21.6 Å². The third kappa shape index (κ3) is 2.81. The molecule has 0 bridgehead atoms. The van der Waals surface area contributed by atoms with Gasteiger partial charge in [0.15, 0.2) is 0 Å². The first-order valence-electron chi connectivity index (χ1n) is 9.17. The van der Waals surface area contributed by atoms with Gasteiger partial charge < -0.3 is 4.90 Å². The number of fused-ring (bicyclic) bond motifs is 2. The zero-order valence-corrected chi connectivity index (χ0v) is 15.4. The van der Waals surface area contributed by atoms with Crippen molar-refractivity contribution in [2.45, 2.75) is 13.0 Å². The maximum atomic E-state index is 12.9. The van der Waals surface area contributed by atoms with Crippen molar-refractivity contribution in [2.24, 2.45) is 7.05 Å². The summed E-state index contributed by atoms with van der Waals surface area (Å²) in [4.78, 5) is 23.7. The number of carbonyl (C=O) groups excluding carboxylic acids is 1. The molecule has 7 nitrogen and oxygen atoms in total. The molecular formula is C21H18N6O. The van der Waals surface area contributed by atoms with Gasteiger partial charge in [-0.15, -0.1) is 5.10 Å². The number of aryl methyl sites for hydroxylation is 1. The van der Waals surface area contributed by atoms with Gasteiger partial charge in [0.25, 0.3) is 5.91 Å². The molecule has 0 N–H and O–H groups in total. The summed E-state index contributed by atoms with van der Waals surface area (Å²) in [5, 5.41) is 8.22. The Morgan fingerprint density at radius 1 is 1.04 bits per heavy atom. The largest absolute Gasteiger partial charge is 0.334 e. The van der Waals surface area contributed by atoms with Gasteiger partial charge >= 0.3 is 0 Å². The van der Waals surface area contributed by atoms with Crippen LogP contribution < -0.4 is 0 Å². The molecule has 1 aliphatic heterocycles. The number of nitrogens with zero attached hydrogens (tertiary/aromatic N) is 6. The van der Waals surface area contributed by atoms with Crippen molar-refractivity contribution < 1.29 is 4.79 Å². The molecule has 3 aromatic heterocycles. The monoisotopic (exact) mass is 370 g/mol. The smallest absolute Gasteiger partial charge is 0.254 e.